The molecule has 1 aromatic heterocycles. The third kappa shape index (κ3) is 4.75. The van der Waals surface area contributed by atoms with Crippen molar-refractivity contribution < 1.29 is 9.21 Å². The summed E-state index contributed by atoms with van der Waals surface area (Å²) >= 11 is 3.53. The number of benzene rings is 2. The summed E-state index contributed by atoms with van der Waals surface area (Å²) in [5.41, 5.74) is 3.01. The molecular formula is C22H17BrN2O2. The van der Waals surface area contributed by atoms with Gasteiger partial charge in [0.1, 0.15) is 23.2 Å². The van der Waals surface area contributed by atoms with Gasteiger partial charge in [0.2, 0.25) is 0 Å². The van der Waals surface area contributed by atoms with Crippen LogP contribution in [-0.2, 0) is 11.3 Å². The molecule has 0 aliphatic heterocycles. The summed E-state index contributed by atoms with van der Waals surface area (Å²) in [6.07, 6.45) is 1.45. The zero-order valence-corrected chi connectivity index (χ0v) is 16.3. The molecule has 1 heterocycles. The van der Waals surface area contributed by atoms with Crippen molar-refractivity contribution in [2.75, 3.05) is 0 Å². The van der Waals surface area contributed by atoms with Gasteiger partial charge in [0.15, 0.2) is 0 Å². The number of aryl methyl sites for hydroxylation is 1. The Morgan fingerprint density at radius 1 is 1.19 bits per heavy atom. The van der Waals surface area contributed by atoms with Crippen LogP contribution in [0.5, 0.6) is 0 Å². The Hall–Kier alpha value is -3.10. The number of carbonyl (C=O) groups excluding carboxylic acids is 1. The lowest BCUT2D eigenvalue weighted by atomic mass is 10.1. The first-order valence-electron chi connectivity index (χ1n) is 8.37. The first kappa shape index (κ1) is 18.7. The standard InChI is InChI=1S/C22H17BrN2O2/c1-15-7-9-19(20(23)11-15)21-10-8-18(27-21)12-17(13-24)22(26)25-14-16-5-3-2-4-6-16/h2-12H,14H2,1H3,(H,25,26)/b17-12+. The highest BCUT2D eigenvalue weighted by atomic mass is 79.9. The van der Waals surface area contributed by atoms with Crippen LogP contribution in [0.4, 0.5) is 0 Å². The zero-order valence-electron chi connectivity index (χ0n) is 14.7. The third-order valence-corrected chi connectivity index (χ3v) is 4.62. The second-order valence-corrected chi connectivity index (χ2v) is 6.88. The summed E-state index contributed by atoms with van der Waals surface area (Å²) in [7, 11) is 0. The first-order chi connectivity index (χ1) is 13.1. The number of rotatable bonds is 5. The SMILES string of the molecule is Cc1ccc(-c2ccc(/C=C(\C#N)C(=O)NCc3ccccc3)o2)c(Br)c1. The summed E-state index contributed by atoms with van der Waals surface area (Å²) in [5.74, 6) is 0.676. The van der Waals surface area contributed by atoms with E-state index in [1.54, 1.807) is 6.07 Å². The molecule has 0 aliphatic carbocycles. The number of amides is 1. The van der Waals surface area contributed by atoms with Crippen LogP contribution >= 0.6 is 15.9 Å². The van der Waals surface area contributed by atoms with E-state index < -0.39 is 5.91 Å². The van der Waals surface area contributed by atoms with Crippen molar-refractivity contribution in [3.63, 3.8) is 0 Å². The smallest absolute Gasteiger partial charge is 0.262 e. The number of furan rings is 1. The Morgan fingerprint density at radius 2 is 1.96 bits per heavy atom. The first-order valence-corrected chi connectivity index (χ1v) is 9.16. The number of nitrogens with one attached hydrogen (secondary N) is 1. The number of carbonyl (C=O) groups is 1. The average molecular weight is 421 g/mol. The summed E-state index contributed by atoms with van der Waals surface area (Å²) in [6.45, 7) is 2.37. The Kier molecular flexibility index (Phi) is 5.90. The van der Waals surface area contributed by atoms with Gasteiger partial charge in [-0.3, -0.25) is 4.79 Å². The fourth-order valence-electron chi connectivity index (χ4n) is 2.56. The molecule has 4 nitrogen and oxygen atoms in total. The van der Waals surface area contributed by atoms with E-state index in [4.69, 9.17) is 4.42 Å². The van der Waals surface area contributed by atoms with Gasteiger partial charge >= 0.3 is 0 Å². The van der Waals surface area contributed by atoms with Crippen molar-refractivity contribution in [1.29, 1.82) is 5.26 Å². The van der Waals surface area contributed by atoms with Crippen LogP contribution < -0.4 is 5.32 Å². The van der Waals surface area contributed by atoms with Crippen LogP contribution in [0.3, 0.4) is 0 Å². The second-order valence-electron chi connectivity index (χ2n) is 6.02. The van der Waals surface area contributed by atoms with E-state index in [1.807, 2.05) is 67.6 Å². The van der Waals surface area contributed by atoms with Gasteiger partial charge < -0.3 is 9.73 Å². The lowest BCUT2D eigenvalue weighted by Gasteiger charge is -2.04. The summed E-state index contributed by atoms with van der Waals surface area (Å²) in [6, 6.07) is 21.0. The van der Waals surface area contributed by atoms with E-state index in [-0.39, 0.29) is 5.57 Å². The van der Waals surface area contributed by atoms with Gasteiger partial charge in [0, 0.05) is 22.7 Å². The van der Waals surface area contributed by atoms with Crippen molar-refractivity contribution in [2.24, 2.45) is 0 Å². The second kappa shape index (κ2) is 8.52. The number of hydrogen-bond acceptors (Lipinski definition) is 3. The molecule has 0 aliphatic rings. The van der Waals surface area contributed by atoms with Gasteiger partial charge in [0.25, 0.3) is 5.91 Å². The maximum atomic E-state index is 12.3. The third-order valence-electron chi connectivity index (χ3n) is 3.96. The highest BCUT2D eigenvalue weighted by Gasteiger charge is 2.12. The fourth-order valence-corrected chi connectivity index (χ4v) is 3.25. The molecule has 3 aromatic rings. The molecule has 0 unspecified atom stereocenters. The van der Waals surface area contributed by atoms with E-state index in [0.29, 0.717) is 18.1 Å². The van der Waals surface area contributed by atoms with Crippen LogP contribution in [0.15, 0.2) is 75.1 Å². The van der Waals surface area contributed by atoms with Gasteiger partial charge in [-0.15, -0.1) is 0 Å². The molecule has 0 saturated heterocycles. The predicted molar refractivity (Wildman–Crippen MR) is 108 cm³/mol. The van der Waals surface area contributed by atoms with E-state index in [1.165, 1.54) is 6.08 Å². The monoisotopic (exact) mass is 420 g/mol. The fraction of sp³-hybridized carbons (Fsp3) is 0.0909. The predicted octanol–water partition coefficient (Wildman–Crippen LogP) is 5.24. The Bertz CT molecular complexity index is 1030. The largest absolute Gasteiger partial charge is 0.457 e. The average Bonchev–Trinajstić information content (AvgIpc) is 3.13. The maximum Gasteiger partial charge on any atom is 0.262 e. The molecule has 0 radical (unpaired) electrons. The number of hydrogen-bond donors (Lipinski definition) is 1. The molecule has 2 aromatic carbocycles. The lowest BCUT2D eigenvalue weighted by Crippen LogP contribution is -2.23. The number of nitrogens with zero attached hydrogens (tertiary/aromatic N) is 1. The molecule has 1 amide bonds. The maximum absolute atomic E-state index is 12.3. The molecule has 134 valence electrons. The van der Waals surface area contributed by atoms with Crippen molar-refractivity contribution in [3.8, 4) is 17.4 Å². The molecule has 1 N–H and O–H groups in total. The van der Waals surface area contributed by atoms with Crippen molar-refractivity contribution >= 4 is 27.9 Å². The molecule has 3 rings (SSSR count). The Labute approximate surface area is 166 Å². The van der Waals surface area contributed by atoms with Crippen molar-refractivity contribution in [3.05, 3.63) is 87.6 Å². The highest BCUT2D eigenvalue weighted by molar-refractivity contribution is 9.10. The number of halogens is 1. The minimum absolute atomic E-state index is 0.00481. The number of nitriles is 1. The van der Waals surface area contributed by atoms with E-state index in [9.17, 15) is 10.1 Å². The van der Waals surface area contributed by atoms with Crippen LogP contribution in [0, 0.1) is 18.3 Å². The van der Waals surface area contributed by atoms with Gasteiger partial charge in [-0.25, -0.2) is 0 Å². The van der Waals surface area contributed by atoms with Crippen molar-refractivity contribution in [2.45, 2.75) is 13.5 Å². The Balaban J connectivity index is 1.75. The summed E-state index contributed by atoms with van der Waals surface area (Å²) < 4.78 is 6.72. The topological polar surface area (TPSA) is 66.0 Å². The van der Waals surface area contributed by atoms with E-state index in [0.717, 1.165) is 21.2 Å². The molecule has 0 saturated carbocycles. The van der Waals surface area contributed by atoms with E-state index in [2.05, 4.69) is 21.2 Å². The van der Waals surface area contributed by atoms with Gasteiger partial charge in [-0.1, -0.05) is 52.3 Å². The van der Waals surface area contributed by atoms with Crippen LogP contribution in [0.25, 0.3) is 17.4 Å². The molecule has 0 atom stereocenters. The molecule has 0 fully saturated rings. The van der Waals surface area contributed by atoms with Crippen LogP contribution in [0.2, 0.25) is 0 Å². The Morgan fingerprint density at radius 3 is 2.67 bits per heavy atom. The minimum atomic E-state index is -0.434. The molecule has 5 heteroatoms. The van der Waals surface area contributed by atoms with Crippen LogP contribution in [0.1, 0.15) is 16.9 Å². The molecular weight excluding hydrogens is 404 g/mol. The van der Waals surface area contributed by atoms with Gasteiger partial charge in [-0.05, 0) is 42.3 Å². The molecule has 27 heavy (non-hydrogen) atoms. The van der Waals surface area contributed by atoms with Crippen molar-refractivity contribution in [1.82, 2.24) is 5.32 Å². The lowest BCUT2D eigenvalue weighted by molar-refractivity contribution is -0.117. The summed E-state index contributed by atoms with van der Waals surface area (Å²) in [4.78, 5) is 12.3. The van der Waals surface area contributed by atoms with Crippen LogP contribution in [-0.4, -0.2) is 5.91 Å². The molecule has 0 spiro atoms. The van der Waals surface area contributed by atoms with Gasteiger partial charge in [0.05, 0.1) is 0 Å². The highest BCUT2D eigenvalue weighted by Crippen LogP contribution is 2.31. The zero-order chi connectivity index (χ0) is 19.2. The van der Waals surface area contributed by atoms with Gasteiger partial charge in [-0.2, -0.15) is 5.26 Å². The quantitative estimate of drug-likeness (QED) is 0.453. The minimum Gasteiger partial charge on any atom is -0.457 e. The summed E-state index contributed by atoms with van der Waals surface area (Å²) in [5, 5.41) is 12.1. The molecule has 0 bridgehead atoms. The van der Waals surface area contributed by atoms with E-state index >= 15 is 0 Å². The normalized spacial score (nSPS) is 11.1.